The van der Waals surface area contributed by atoms with Gasteiger partial charge in [0.2, 0.25) is 0 Å². The van der Waals surface area contributed by atoms with Crippen LogP contribution in [0.5, 0.6) is 0 Å². The number of halogens is 2. The second kappa shape index (κ2) is 21.0. The fraction of sp³-hybridized carbons (Fsp3) is 0.421. The second-order valence-corrected chi connectivity index (χ2v) is 4.79. The minimum atomic E-state index is 0. The molecule has 0 amide bonds. The zero-order chi connectivity index (χ0) is 15.1. The molecule has 0 aliphatic heterocycles. The number of hydrogen-bond donors (Lipinski definition) is 0. The molecular formula is C19H28Cl2Zr-2. The monoisotopic (exact) mass is 416 g/mol. The van der Waals surface area contributed by atoms with Crippen LogP contribution in [-0.4, -0.2) is 4.21 Å². The molecule has 0 spiro atoms. The molecule has 2 aromatic rings. The van der Waals surface area contributed by atoms with Crippen LogP contribution >= 0.6 is 0 Å². The normalized spacial score (nSPS) is 8.36. The third-order valence-corrected chi connectivity index (χ3v) is 3.10. The Morgan fingerprint density at radius 2 is 1.18 bits per heavy atom. The molecule has 0 bridgehead atoms. The van der Waals surface area contributed by atoms with Gasteiger partial charge in [-0.2, -0.15) is 47.5 Å². The summed E-state index contributed by atoms with van der Waals surface area (Å²) in [6.07, 6.45) is 7.75. The summed E-state index contributed by atoms with van der Waals surface area (Å²) in [5, 5.41) is 0. The molecular weight excluding hydrogens is 390 g/mol. The first-order valence-electron chi connectivity index (χ1n) is 7.63. The van der Waals surface area contributed by atoms with Gasteiger partial charge >= 0.3 is 28.4 Å². The van der Waals surface area contributed by atoms with E-state index in [9.17, 15) is 0 Å². The first-order chi connectivity index (χ1) is 9.86. The topological polar surface area (TPSA) is 0 Å². The number of hydrogen-bond acceptors (Lipinski definition) is 0. The summed E-state index contributed by atoms with van der Waals surface area (Å²) in [5.41, 5.74) is 2.97. The first kappa shape index (κ1) is 26.9. The minimum absolute atomic E-state index is 0. The molecule has 3 heteroatoms. The maximum absolute atomic E-state index is 3.34. The molecule has 0 aliphatic rings. The van der Waals surface area contributed by atoms with Gasteiger partial charge < -0.3 is 24.8 Å². The van der Waals surface area contributed by atoms with Crippen LogP contribution in [0.15, 0.2) is 48.5 Å². The minimum Gasteiger partial charge on any atom is -1.00 e. The molecule has 0 fully saturated rings. The van der Waals surface area contributed by atoms with Gasteiger partial charge in [0, 0.05) is 0 Å². The van der Waals surface area contributed by atoms with Gasteiger partial charge in [0.05, 0.1) is 0 Å². The van der Waals surface area contributed by atoms with Crippen molar-refractivity contribution in [2.24, 2.45) is 0 Å². The van der Waals surface area contributed by atoms with Crippen molar-refractivity contribution in [2.45, 2.75) is 52.4 Å². The molecule has 0 aromatic heterocycles. The van der Waals surface area contributed by atoms with Crippen LogP contribution in [0.2, 0.25) is 0 Å². The van der Waals surface area contributed by atoms with E-state index in [-0.39, 0.29) is 24.8 Å². The average Bonchev–Trinajstić information content (AvgIpc) is 3.19. The Bertz CT molecular complexity index is 341. The molecule has 0 heterocycles. The maximum atomic E-state index is 3.34. The predicted molar refractivity (Wildman–Crippen MR) is 88.4 cm³/mol. The third-order valence-electron chi connectivity index (χ3n) is 3.10. The molecule has 2 aromatic carbocycles. The average molecular weight is 419 g/mol. The number of unbranched alkanes of at least 4 members (excludes halogenated alkanes) is 2. The molecule has 2 rings (SSSR count). The van der Waals surface area contributed by atoms with Crippen LogP contribution in [0.25, 0.3) is 0 Å². The van der Waals surface area contributed by atoms with E-state index >= 15 is 0 Å². The Labute approximate surface area is 164 Å². The molecule has 0 unspecified atom stereocenters. The fourth-order valence-corrected chi connectivity index (χ4v) is 1.92. The van der Waals surface area contributed by atoms with Crippen molar-refractivity contribution < 1.29 is 49.0 Å². The van der Waals surface area contributed by atoms with Crippen LogP contribution in [-0.2, 0) is 37.1 Å². The van der Waals surface area contributed by atoms with Gasteiger partial charge in [0.1, 0.15) is 0 Å². The largest absolute Gasteiger partial charge is 1.00 e. The van der Waals surface area contributed by atoms with Crippen molar-refractivity contribution in [1.29, 1.82) is 0 Å². The number of aryl methyl sites for hydroxylation is 2. The third kappa shape index (κ3) is 14.9. The van der Waals surface area contributed by atoms with E-state index in [0.29, 0.717) is 0 Å². The Morgan fingerprint density at radius 1 is 0.818 bits per heavy atom. The van der Waals surface area contributed by atoms with Gasteiger partial charge in [-0.15, -0.1) is 0 Å². The van der Waals surface area contributed by atoms with Gasteiger partial charge in [0.25, 0.3) is 0 Å². The zero-order valence-corrected chi connectivity index (χ0v) is 17.8. The van der Waals surface area contributed by atoms with Crippen molar-refractivity contribution in [3.63, 3.8) is 0 Å². The standard InChI is InChI=1S/2C9H13.CH2.2ClH.Zr/c2*1-2-3-6-9-7-4-5-8-9;;;;/h2*4-5,7-8H,2-3,6H2,1H3;1H2;2*1H;/q2*-1;;;;+2/p-2. The maximum Gasteiger partial charge on any atom is -1.00 e. The van der Waals surface area contributed by atoms with Crippen LogP contribution in [0.1, 0.15) is 50.7 Å². The summed E-state index contributed by atoms with van der Waals surface area (Å²) in [6, 6.07) is 17.2. The molecule has 0 aliphatic carbocycles. The van der Waals surface area contributed by atoms with Crippen molar-refractivity contribution in [2.75, 3.05) is 0 Å². The molecule has 0 N–H and O–H groups in total. The Balaban J connectivity index is -0.000000273. The SMILES string of the molecule is CCCCc1cc[cH-]c1.CCCCc1cc[cH-]c1.[CH2]=[Zr+2].[Cl-].[Cl-]. The molecule has 124 valence electrons. The fourth-order valence-electron chi connectivity index (χ4n) is 1.92. The summed E-state index contributed by atoms with van der Waals surface area (Å²) in [7, 11) is 0. The van der Waals surface area contributed by atoms with Gasteiger partial charge in [-0.1, -0.05) is 52.4 Å². The van der Waals surface area contributed by atoms with E-state index in [1.54, 1.807) is 0 Å². The molecule has 0 nitrogen and oxygen atoms in total. The molecule has 22 heavy (non-hydrogen) atoms. The van der Waals surface area contributed by atoms with Gasteiger partial charge in [-0.25, -0.2) is 12.1 Å². The van der Waals surface area contributed by atoms with Crippen LogP contribution in [0.4, 0.5) is 0 Å². The summed E-state index contributed by atoms with van der Waals surface area (Å²) in [6.45, 7) is 4.45. The first-order valence-corrected chi connectivity index (χ1v) is 9.37. The van der Waals surface area contributed by atoms with E-state index in [1.807, 2.05) is 0 Å². The van der Waals surface area contributed by atoms with Crippen LogP contribution in [0, 0.1) is 0 Å². The second-order valence-electron chi connectivity index (χ2n) is 4.79. The Morgan fingerprint density at radius 3 is 1.41 bits per heavy atom. The quantitative estimate of drug-likeness (QED) is 0.554. The summed E-state index contributed by atoms with van der Waals surface area (Å²) in [5.74, 6) is 0. The van der Waals surface area contributed by atoms with Crippen LogP contribution < -0.4 is 24.8 Å². The van der Waals surface area contributed by atoms with Crippen molar-refractivity contribution in [3.05, 3.63) is 59.7 Å². The Kier molecular flexibility index (Phi) is 25.7. The van der Waals surface area contributed by atoms with E-state index in [2.05, 4.69) is 66.6 Å². The van der Waals surface area contributed by atoms with E-state index in [4.69, 9.17) is 0 Å². The van der Waals surface area contributed by atoms with Crippen molar-refractivity contribution in [1.82, 2.24) is 0 Å². The van der Waals surface area contributed by atoms with Crippen molar-refractivity contribution in [3.8, 4) is 0 Å². The molecule has 0 radical (unpaired) electrons. The predicted octanol–water partition coefficient (Wildman–Crippen LogP) is -0.531. The van der Waals surface area contributed by atoms with Crippen molar-refractivity contribution >= 4 is 4.21 Å². The van der Waals surface area contributed by atoms with Gasteiger partial charge in [-0.05, 0) is 0 Å². The summed E-state index contributed by atoms with van der Waals surface area (Å²) >= 11 is 1.30. The summed E-state index contributed by atoms with van der Waals surface area (Å²) in [4.78, 5) is 0. The van der Waals surface area contributed by atoms with Crippen LogP contribution in [0.3, 0.4) is 0 Å². The number of rotatable bonds is 6. The zero-order valence-electron chi connectivity index (χ0n) is 13.8. The molecule has 0 saturated carbocycles. The Hall–Kier alpha value is 0.0331. The van der Waals surface area contributed by atoms with Gasteiger partial charge in [-0.3, -0.25) is 0 Å². The van der Waals surface area contributed by atoms with E-state index in [1.165, 1.54) is 73.9 Å². The van der Waals surface area contributed by atoms with Gasteiger partial charge in [0.15, 0.2) is 0 Å². The summed E-state index contributed by atoms with van der Waals surface area (Å²) < 4.78 is 3.34. The molecule has 0 atom stereocenters. The van der Waals surface area contributed by atoms with E-state index in [0.717, 1.165) is 0 Å². The van der Waals surface area contributed by atoms with E-state index < -0.39 is 0 Å². The molecule has 0 saturated heterocycles. The smallest absolute Gasteiger partial charge is 1.00 e.